The molecule has 2 rings (SSSR count). The molecule has 1 aromatic rings. The summed E-state index contributed by atoms with van der Waals surface area (Å²) in [6.45, 7) is 5.59. The van der Waals surface area contributed by atoms with Gasteiger partial charge in [-0.25, -0.2) is 9.59 Å². The number of carbonyl (C=O) groups excluding carboxylic acids is 1. The Morgan fingerprint density at radius 1 is 1.33 bits per heavy atom. The average Bonchev–Trinajstić information content (AvgIpc) is 3.16. The fourth-order valence-corrected chi connectivity index (χ4v) is 2.46. The molecule has 0 saturated heterocycles. The number of carboxylic acids is 1. The van der Waals surface area contributed by atoms with Crippen LogP contribution in [0.5, 0.6) is 0 Å². The second kappa shape index (κ2) is 6.16. The lowest BCUT2D eigenvalue weighted by Crippen LogP contribution is -2.36. The van der Waals surface area contributed by atoms with Gasteiger partial charge in [0.2, 0.25) is 0 Å². The molecular weight excluding hydrogens is 268 g/mol. The van der Waals surface area contributed by atoms with Gasteiger partial charge in [0, 0.05) is 11.7 Å². The lowest BCUT2D eigenvalue weighted by molar-refractivity contribution is 0.0696. The van der Waals surface area contributed by atoms with E-state index in [9.17, 15) is 14.7 Å². The number of aromatic carboxylic acids is 1. The van der Waals surface area contributed by atoms with Crippen LogP contribution < -0.4 is 10.6 Å². The van der Waals surface area contributed by atoms with Gasteiger partial charge in [-0.3, -0.25) is 0 Å². The van der Waals surface area contributed by atoms with Crippen molar-refractivity contribution in [2.24, 2.45) is 5.92 Å². The third kappa shape index (κ3) is 4.21. The van der Waals surface area contributed by atoms with E-state index in [4.69, 9.17) is 0 Å². The van der Waals surface area contributed by atoms with Crippen molar-refractivity contribution in [1.29, 1.82) is 0 Å². The first kappa shape index (κ1) is 15.4. The topological polar surface area (TPSA) is 78.4 Å². The van der Waals surface area contributed by atoms with Crippen molar-refractivity contribution >= 4 is 17.7 Å². The molecule has 21 heavy (non-hydrogen) atoms. The van der Waals surface area contributed by atoms with Gasteiger partial charge in [0.1, 0.15) is 0 Å². The van der Waals surface area contributed by atoms with E-state index in [1.54, 1.807) is 13.0 Å². The predicted molar refractivity (Wildman–Crippen MR) is 81.8 cm³/mol. The van der Waals surface area contributed by atoms with Crippen LogP contribution in [-0.4, -0.2) is 23.1 Å². The van der Waals surface area contributed by atoms with E-state index in [1.165, 1.54) is 18.9 Å². The highest BCUT2D eigenvalue weighted by atomic mass is 16.4. The summed E-state index contributed by atoms with van der Waals surface area (Å²) in [5, 5.41) is 14.8. The second-order valence-electron chi connectivity index (χ2n) is 5.95. The molecule has 0 spiro atoms. The number of nitrogens with one attached hydrogen (secondary N) is 2. The molecule has 1 aromatic carbocycles. The van der Waals surface area contributed by atoms with Gasteiger partial charge in [-0.2, -0.15) is 0 Å². The summed E-state index contributed by atoms with van der Waals surface area (Å²) in [4.78, 5) is 23.1. The molecule has 114 valence electrons. The Labute approximate surface area is 124 Å². The Balaban J connectivity index is 2.01. The zero-order valence-electron chi connectivity index (χ0n) is 12.7. The zero-order valence-corrected chi connectivity index (χ0v) is 12.7. The summed E-state index contributed by atoms with van der Waals surface area (Å²) in [5.41, 5.74) is 2.29. The van der Waals surface area contributed by atoms with Gasteiger partial charge < -0.3 is 15.7 Å². The third-order valence-corrected chi connectivity index (χ3v) is 3.92. The van der Waals surface area contributed by atoms with Gasteiger partial charge in [0.25, 0.3) is 0 Å². The van der Waals surface area contributed by atoms with Crippen LogP contribution in [-0.2, 0) is 0 Å². The molecule has 1 aliphatic rings. The molecule has 5 heteroatoms. The first-order chi connectivity index (χ1) is 9.86. The molecule has 1 saturated carbocycles. The van der Waals surface area contributed by atoms with E-state index in [2.05, 4.69) is 10.6 Å². The summed E-state index contributed by atoms with van der Waals surface area (Å²) in [5.74, 6) is -0.234. The monoisotopic (exact) mass is 290 g/mol. The number of aryl methyl sites for hydroxylation is 1. The van der Waals surface area contributed by atoms with Crippen LogP contribution in [0.4, 0.5) is 10.5 Å². The van der Waals surface area contributed by atoms with E-state index in [0.29, 0.717) is 5.69 Å². The number of hydrogen-bond donors (Lipinski definition) is 3. The van der Waals surface area contributed by atoms with Crippen molar-refractivity contribution in [2.75, 3.05) is 5.32 Å². The van der Waals surface area contributed by atoms with E-state index >= 15 is 0 Å². The number of hydrogen-bond acceptors (Lipinski definition) is 2. The van der Waals surface area contributed by atoms with Crippen LogP contribution >= 0.6 is 0 Å². The highest BCUT2D eigenvalue weighted by molar-refractivity contribution is 5.94. The number of carbonyl (C=O) groups is 2. The van der Waals surface area contributed by atoms with Crippen LogP contribution in [0.25, 0.3) is 0 Å². The number of rotatable bonds is 5. The number of amides is 2. The van der Waals surface area contributed by atoms with Crippen LogP contribution in [0.15, 0.2) is 12.1 Å². The van der Waals surface area contributed by atoms with Gasteiger partial charge in [-0.15, -0.1) is 0 Å². The smallest absolute Gasteiger partial charge is 0.336 e. The maximum absolute atomic E-state index is 11.9. The minimum atomic E-state index is -0.984. The van der Waals surface area contributed by atoms with Gasteiger partial charge >= 0.3 is 12.0 Å². The predicted octanol–water partition coefficient (Wildman–Crippen LogP) is 3.31. The lowest BCUT2D eigenvalue weighted by atomic mass is 10.0. The summed E-state index contributed by atoms with van der Waals surface area (Å²) in [6, 6.07) is 3.12. The molecule has 1 fully saturated rings. The highest BCUT2D eigenvalue weighted by Gasteiger charge is 2.24. The van der Waals surface area contributed by atoms with E-state index in [-0.39, 0.29) is 17.6 Å². The molecule has 0 heterocycles. The number of urea groups is 1. The molecule has 0 radical (unpaired) electrons. The Kier molecular flexibility index (Phi) is 4.50. The first-order valence-electron chi connectivity index (χ1n) is 7.29. The molecule has 3 N–H and O–H groups in total. The Morgan fingerprint density at radius 2 is 2.00 bits per heavy atom. The number of carboxylic acid groups (broad SMARTS) is 1. The summed E-state index contributed by atoms with van der Waals surface area (Å²) in [6.07, 6.45) is 3.51. The Morgan fingerprint density at radius 3 is 2.57 bits per heavy atom. The molecule has 1 unspecified atom stereocenters. The van der Waals surface area contributed by atoms with Gasteiger partial charge in [-0.05, 0) is 56.4 Å². The van der Waals surface area contributed by atoms with Gasteiger partial charge in [-0.1, -0.05) is 12.8 Å². The fraction of sp³-hybridized carbons (Fsp3) is 0.500. The zero-order chi connectivity index (χ0) is 15.6. The van der Waals surface area contributed by atoms with Crippen molar-refractivity contribution < 1.29 is 14.7 Å². The Hall–Kier alpha value is -2.04. The Bertz CT molecular complexity index is 565. The minimum absolute atomic E-state index is 0.128. The molecule has 5 nitrogen and oxygen atoms in total. The first-order valence-corrected chi connectivity index (χ1v) is 7.29. The van der Waals surface area contributed by atoms with Crippen molar-refractivity contribution in [3.8, 4) is 0 Å². The van der Waals surface area contributed by atoms with Crippen LogP contribution in [0.2, 0.25) is 0 Å². The lowest BCUT2D eigenvalue weighted by Gasteiger charge is -2.15. The fourth-order valence-electron chi connectivity index (χ4n) is 2.46. The van der Waals surface area contributed by atoms with Gasteiger partial charge in [0.15, 0.2) is 0 Å². The van der Waals surface area contributed by atoms with Crippen molar-refractivity contribution in [3.63, 3.8) is 0 Å². The quantitative estimate of drug-likeness (QED) is 0.778. The maximum atomic E-state index is 11.9. The van der Waals surface area contributed by atoms with Crippen LogP contribution in [0, 0.1) is 19.8 Å². The largest absolute Gasteiger partial charge is 0.478 e. The van der Waals surface area contributed by atoms with E-state index in [1.807, 2.05) is 13.8 Å². The number of benzene rings is 1. The SMILES string of the molecule is Cc1cc(NC(=O)NC(C)CC2CC2)cc(C(=O)O)c1C. The molecule has 0 aliphatic heterocycles. The molecule has 0 bridgehead atoms. The van der Waals surface area contributed by atoms with E-state index < -0.39 is 5.97 Å². The third-order valence-electron chi connectivity index (χ3n) is 3.92. The maximum Gasteiger partial charge on any atom is 0.336 e. The van der Waals surface area contributed by atoms with Crippen molar-refractivity contribution in [1.82, 2.24) is 5.32 Å². The van der Waals surface area contributed by atoms with E-state index in [0.717, 1.165) is 23.5 Å². The molecule has 2 amide bonds. The normalized spacial score (nSPS) is 15.4. The minimum Gasteiger partial charge on any atom is -0.478 e. The molecular formula is C16H22N2O3. The van der Waals surface area contributed by atoms with Crippen LogP contribution in [0.3, 0.4) is 0 Å². The molecule has 1 atom stereocenters. The molecule has 0 aromatic heterocycles. The van der Waals surface area contributed by atoms with Gasteiger partial charge in [0.05, 0.1) is 5.56 Å². The highest BCUT2D eigenvalue weighted by Crippen LogP contribution is 2.33. The molecule has 1 aliphatic carbocycles. The average molecular weight is 290 g/mol. The van der Waals surface area contributed by atoms with Crippen LogP contribution in [0.1, 0.15) is 47.7 Å². The second-order valence-corrected chi connectivity index (χ2v) is 5.95. The summed E-state index contributed by atoms with van der Waals surface area (Å²) < 4.78 is 0. The summed E-state index contributed by atoms with van der Waals surface area (Å²) in [7, 11) is 0. The van der Waals surface area contributed by atoms with Crippen molar-refractivity contribution in [3.05, 3.63) is 28.8 Å². The summed E-state index contributed by atoms with van der Waals surface area (Å²) >= 11 is 0. The van der Waals surface area contributed by atoms with Crippen molar-refractivity contribution in [2.45, 2.75) is 46.1 Å². The number of anilines is 1. The standard InChI is InChI=1S/C16H22N2O3/c1-9-6-13(8-14(11(9)3)15(19)20)18-16(21)17-10(2)7-12-4-5-12/h6,8,10,12H,4-5,7H2,1-3H3,(H,19,20)(H2,17,18,21).